The lowest BCUT2D eigenvalue weighted by molar-refractivity contribution is -0.167. The summed E-state index contributed by atoms with van der Waals surface area (Å²) in [6.07, 6.45) is 62.0. The van der Waals surface area contributed by atoms with Crippen LogP contribution in [0, 0.1) is 0 Å². The summed E-state index contributed by atoms with van der Waals surface area (Å²) >= 11 is 0. The van der Waals surface area contributed by atoms with Gasteiger partial charge in [-0.3, -0.25) is 14.4 Å². The van der Waals surface area contributed by atoms with Crippen LogP contribution in [-0.2, 0) is 28.6 Å². The zero-order valence-electron chi connectivity index (χ0n) is 43.1. The average molecular weight is 901 g/mol. The molecule has 1 atom stereocenters. The van der Waals surface area contributed by atoms with Crippen LogP contribution in [0.25, 0.3) is 0 Å². The summed E-state index contributed by atoms with van der Waals surface area (Å²) in [7, 11) is 0. The fraction of sp³-hybridized carbons (Fsp3) is 0.879. The molecular formula is C58H108O6. The van der Waals surface area contributed by atoms with E-state index in [2.05, 4.69) is 45.1 Å². The fourth-order valence-electron chi connectivity index (χ4n) is 8.42. The van der Waals surface area contributed by atoms with E-state index in [0.717, 1.165) is 64.2 Å². The molecule has 1 unspecified atom stereocenters. The van der Waals surface area contributed by atoms with E-state index >= 15 is 0 Å². The molecule has 6 heteroatoms. The number of carbonyl (C=O) groups is 3. The third kappa shape index (κ3) is 50.9. The van der Waals surface area contributed by atoms with Crippen LogP contribution in [0.1, 0.15) is 310 Å². The molecular weight excluding hydrogens is 793 g/mol. The Hall–Kier alpha value is -2.11. The number of ether oxygens (including phenoxy) is 3. The first-order chi connectivity index (χ1) is 31.5. The SMILES string of the molecule is CCCCCCC/C=C\C/C=C\CCCCCCCCCCCCCCCCCC(=O)OCC(COC(=O)CCCCCCCCCC)OC(=O)CCCCCCCCCCCCC. The largest absolute Gasteiger partial charge is 0.462 e. The van der Waals surface area contributed by atoms with Gasteiger partial charge in [0, 0.05) is 19.3 Å². The average Bonchev–Trinajstić information content (AvgIpc) is 3.29. The van der Waals surface area contributed by atoms with Crippen molar-refractivity contribution >= 4 is 17.9 Å². The van der Waals surface area contributed by atoms with Crippen molar-refractivity contribution in [3.63, 3.8) is 0 Å². The van der Waals surface area contributed by atoms with Crippen molar-refractivity contribution in [2.75, 3.05) is 13.2 Å². The summed E-state index contributed by atoms with van der Waals surface area (Å²) in [4.78, 5) is 37.8. The fourth-order valence-corrected chi connectivity index (χ4v) is 8.42. The van der Waals surface area contributed by atoms with Crippen LogP contribution in [0.5, 0.6) is 0 Å². The van der Waals surface area contributed by atoms with Crippen molar-refractivity contribution in [3.8, 4) is 0 Å². The predicted octanol–water partition coefficient (Wildman–Crippen LogP) is 18.7. The van der Waals surface area contributed by atoms with Crippen LogP contribution in [0.4, 0.5) is 0 Å². The highest BCUT2D eigenvalue weighted by molar-refractivity contribution is 5.71. The quantitative estimate of drug-likeness (QED) is 0.0262. The zero-order chi connectivity index (χ0) is 46.5. The molecule has 64 heavy (non-hydrogen) atoms. The lowest BCUT2D eigenvalue weighted by Crippen LogP contribution is -2.30. The van der Waals surface area contributed by atoms with Crippen molar-refractivity contribution in [2.24, 2.45) is 0 Å². The van der Waals surface area contributed by atoms with Gasteiger partial charge in [0.25, 0.3) is 0 Å². The summed E-state index contributed by atoms with van der Waals surface area (Å²) < 4.78 is 16.8. The molecule has 376 valence electrons. The van der Waals surface area contributed by atoms with Crippen molar-refractivity contribution in [1.29, 1.82) is 0 Å². The van der Waals surface area contributed by atoms with Crippen molar-refractivity contribution in [3.05, 3.63) is 24.3 Å². The highest BCUT2D eigenvalue weighted by Gasteiger charge is 2.19. The minimum atomic E-state index is -0.762. The molecule has 0 aliphatic carbocycles. The van der Waals surface area contributed by atoms with Gasteiger partial charge in [-0.2, -0.15) is 0 Å². The van der Waals surface area contributed by atoms with Crippen molar-refractivity contribution in [2.45, 2.75) is 316 Å². The minimum absolute atomic E-state index is 0.0660. The highest BCUT2D eigenvalue weighted by Crippen LogP contribution is 2.17. The van der Waals surface area contributed by atoms with Crippen LogP contribution in [-0.4, -0.2) is 37.2 Å². The maximum atomic E-state index is 12.7. The molecule has 0 heterocycles. The maximum Gasteiger partial charge on any atom is 0.306 e. The molecule has 0 aliphatic heterocycles. The second kappa shape index (κ2) is 53.5. The molecule has 0 fully saturated rings. The van der Waals surface area contributed by atoms with Crippen LogP contribution in [0.2, 0.25) is 0 Å². The normalized spacial score (nSPS) is 12.1. The smallest absolute Gasteiger partial charge is 0.306 e. The summed E-state index contributed by atoms with van der Waals surface area (Å²) in [5.41, 5.74) is 0. The van der Waals surface area contributed by atoms with Gasteiger partial charge in [0.05, 0.1) is 0 Å². The standard InChI is InChI=1S/C58H108O6/c1-4-7-10-13-16-19-21-22-23-24-25-26-27-28-29-30-31-32-33-34-35-36-38-39-42-45-48-51-57(60)63-54-55(53-62-56(59)50-47-44-41-18-15-12-9-6-3)64-58(61)52-49-46-43-40-37-20-17-14-11-8-5-2/h21-22,24-25,55H,4-20,23,26-54H2,1-3H3/b22-21-,25-24-. The van der Waals surface area contributed by atoms with Gasteiger partial charge in [0.1, 0.15) is 13.2 Å². The van der Waals surface area contributed by atoms with E-state index in [0.29, 0.717) is 19.3 Å². The molecule has 0 saturated carbocycles. The molecule has 0 spiro atoms. The van der Waals surface area contributed by atoms with Gasteiger partial charge < -0.3 is 14.2 Å². The van der Waals surface area contributed by atoms with Gasteiger partial charge in [0.15, 0.2) is 6.10 Å². The number of unbranched alkanes of at least 4 members (excludes halogenated alkanes) is 37. The van der Waals surface area contributed by atoms with E-state index in [1.807, 2.05) is 0 Å². The second-order valence-corrected chi connectivity index (χ2v) is 19.2. The molecule has 0 N–H and O–H groups in total. The first-order valence-corrected chi connectivity index (χ1v) is 28.3. The third-order valence-corrected chi connectivity index (χ3v) is 12.7. The Bertz CT molecular complexity index is 1040. The predicted molar refractivity (Wildman–Crippen MR) is 275 cm³/mol. The Kier molecular flexibility index (Phi) is 51.7. The van der Waals surface area contributed by atoms with E-state index in [1.54, 1.807) is 0 Å². The molecule has 0 aromatic carbocycles. The zero-order valence-corrected chi connectivity index (χ0v) is 43.1. The number of rotatable bonds is 52. The third-order valence-electron chi connectivity index (χ3n) is 12.7. The lowest BCUT2D eigenvalue weighted by atomic mass is 10.0. The topological polar surface area (TPSA) is 78.9 Å². The van der Waals surface area contributed by atoms with Gasteiger partial charge in [0.2, 0.25) is 0 Å². The van der Waals surface area contributed by atoms with Gasteiger partial charge in [-0.1, -0.05) is 263 Å². The van der Waals surface area contributed by atoms with Crippen LogP contribution in [0.15, 0.2) is 24.3 Å². The molecule has 0 radical (unpaired) electrons. The van der Waals surface area contributed by atoms with Crippen molar-refractivity contribution in [1.82, 2.24) is 0 Å². The molecule has 0 aliphatic rings. The van der Waals surface area contributed by atoms with Crippen molar-refractivity contribution < 1.29 is 28.6 Å². The molecule has 0 rings (SSSR count). The number of esters is 3. The Morgan fingerprint density at radius 2 is 0.562 bits per heavy atom. The van der Waals surface area contributed by atoms with Crippen LogP contribution < -0.4 is 0 Å². The summed E-state index contributed by atoms with van der Waals surface area (Å²) in [6, 6.07) is 0. The van der Waals surface area contributed by atoms with E-state index < -0.39 is 6.10 Å². The first kappa shape index (κ1) is 61.9. The lowest BCUT2D eigenvalue weighted by Gasteiger charge is -2.18. The minimum Gasteiger partial charge on any atom is -0.462 e. The Balaban J connectivity index is 4.04. The Morgan fingerprint density at radius 3 is 0.859 bits per heavy atom. The Labute approximate surface area is 398 Å². The monoisotopic (exact) mass is 901 g/mol. The number of hydrogen-bond donors (Lipinski definition) is 0. The molecule has 0 aromatic rings. The van der Waals surface area contributed by atoms with Crippen LogP contribution >= 0.6 is 0 Å². The summed E-state index contributed by atoms with van der Waals surface area (Å²) in [5.74, 6) is -0.855. The van der Waals surface area contributed by atoms with E-state index in [1.165, 1.54) is 205 Å². The number of allylic oxidation sites excluding steroid dienone is 4. The molecule has 6 nitrogen and oxygen atoms in total. The summed E-state index contributed by atoms with van der Waals surface area (Å²) in [5, 5.41) is 0. The van der Waals surface area contributed by atoms with E-state index in [9.17, 15) is 14.4 Å². The van der Waals surface area contributed by atoms with Gasteiger partial charge in [-0.25, -0.2) is 0 Å². The van der Waals surface area contributed by atoms with Gasteiger partial charge >= 0.3 is 17.9 Å². The van der Waals surface area contributed by atoms with Crippen LogP contribution in [0.3, 0.4) is 0 Å². The van der Waals surface area contributed by atoms with E-state index in [-0.39, 0.29) is 31.1 Å². The second-order valence-electron chi connectivity index (χ2n) is 19.2. The number of hydrogen-bond acceptors (Lipinski definition) is 6. The molecule has 0 bridgehead atoms. The van der Waals surface area contributed by atoms with Gasteiger partial charge in [-0.15, -0.1) is 0 Å². The summed E-state index contributed by atoms with van der Waals surface area (Å²) in [6.45, 7) is 6.62. The first-order valence-electron chi connectivity index (χ1n) is 28.3. The van der Waals surface area contributed by atoms with Gasteiger partial charge in [-0.05, 0) is 51.4 Å². The van der Waals surface area contributed by atoms with E-state index in [4.69, 9.17) is 14.2 Å². The molecule has 0 saturated heterocycles. The number of carbonyl (C=O) groups excluding carboxylic acids is 3. The molecule has 0 aromatic heterocycles. The molecule has 0 amide bonds. The highest BCUT2D eigenvalue weighted by atomic mass is 16.6. The Morgan fingerprint density at radius 1 is 0.312 bits per heavy atom. The maximum absolute atomic E-state index is 12.7.